The number of halogens is 2. The third-order valence-electron chi connectivity index (χ3n) is 4.00. The smallest absolute Gasteiger partial charge is 0.241 e. The van der Waals surface area contributed by atoms with Crippen LogP contribution in [0.3, 0.4) is 0 Å². The van der Waals surface area contributed by atoms with Crippen LogP contribution in [0.15, 0.2) is 34.3 Å². The summed E-state index contributed by atoms with van der Waals surface area (Å²) in [5.41, 5.74) is 10.8. The normalized spacial score (nSPS) is 12.7. The quantitative estimate of drug-likeness (QED) is 0.234. The molecule has 0 bridgehead atoms. The first-order valence-electron chi connectivity index (χ1n) is 8.55. The molecule has 0 aliphatic rings. The van der Waals surface area contributed by atoms with Gasteiger partial charge in [-0.25, -0.2) is 13.4 Å². The molecule has 0 radical (unpaired) electrons. The van der Waals surface area contributed by atoms with Gasteiger partial charge in [-0.2, -0.15) is 9.71 Å². The Bertz CT molecular complexity index is 1010. The van der Waals surface area contributed by atoms with Gasteiger partial charge in [0, 0.05) is 17.0 Å². The summed E-state index contributed by atoms with van der Waals surface area (Å²) < 4.78 is 27.9. The molecule has 8 nitrogen and oxygen atoms in total. The average molecular weight is 446 g/mol. The van der Waals surface area contributed by atoms with Crippen LogP contribution in [0.5, 0.6) is 0 Å². The van der Waals surface area contributed by atoms with E-state index in [1.807, 2.05) is 6.92 Å². The summed E-state index contributed by atoms with van der Waals surface area (Å²) in [7, 11) is -4.03. The first kappa shape index (κ1) is 22.4. The number of nitrogens with two attached hydrogens (primary N) is 2. The number of guanidine groups is 1. The molecule has 1 atom stereocenters. The summed E-state index contributed by atoms with van der Waals surface area (Å²) in [6, 6.07) is 3.23. The van der Waals surface area contributed by atoms with Gasteiger partial charge < -0.3 is 11.5 Å². The van der Waals surface area contributed by atoms with Crippen LogP contribution in [-0.2, 0) is 14.8 Å². The van der Waals surface area contributed by atoms with E-state index in [9.17, 15) is 13.2 Å². The standard InChI is InChI=1S/C17H21Cl2N5O3S/c1-2-3-4-5-14(15(19)25)24-28(26,27)10-6-7-11-12(8-10)16(23-17(20)21)22-9-13(11)18/h6-9,14,24H,2-5H2,1H3,(H4,20,21,22,23). The van der Waals surface area contributed by atoms with Gasteiger partial charge in [0.25, 0.3) is 0 Å². The summed E-state index contributed by atoms with van der Waals surface area (Å²) in [4.78, 5) is 19.5. The van der Waals surface area contributed by atoms with Gasteiger partial charge in [0.1, 0.15) is 0 Å². The van der Waals surface area contributed by atoms with Crippen molar-refractivity contribution < 1.29 is 13.2 Å². The van der Waals surface area contributed by atoms with E-state index in [4.69, 9.17) is 34.7 Å². The SMILES string of the molecule is CCCCCC(NS(=O)(=O)c1ccc2c(Cl)cnc(N=C(N)N)c2c1)C(=O)Cl. The maximum Gasteiger partial charge on any atom is 0.241 e. The number of nitrogens with zero attached hydrogens (tertiary/aromatic N) is 2. The van der Waals surface area contributed by atoms with Gasteiger partial charge in [-0.15, -0.1) is 0 Å². The van der Waals surface area contributed by atoms with Gasteiger partial charge in [-0.3, -0.25) is 4.79 Å². The lowest BCUT2D eigenvalue weighted by molar-refractivity contribution is -0.113. The number of sulfonamides is 1. The molecule has 152 valence electrons. The minimum Gasteiger partial charge on any atom is -0.370 e. The van der Waals surface area contributed by atoms with Crippen LogP contribution in [0.2, 0.25) is 5.02 Å². The molecule has 2 rings (SSSR count). The highest BCUT2D eigenvalue weighted by Gasteiger charge is 2.25. The number of aromatic nitrogens is 1. The highest BCUT2D eigenvalue weighted by molar-refractivity contribution is 7.89. The molecule has 1 heterocycles. The summed E-state index contributed by atoms with van der Waals surface area (Å²) in [6.07, 6.45) is 4.16. The topological polar surface area (TPSA) is 141 Å². The van der Waals surface area contributed by atoms with Crippen molar-refractivity contribution in [1.82, 2.24) is 9.71 Å². The minimum atomic E-state index is -4.03. The van der Waals surface area contributed by atoms with Crippen LogP contribution in [-0.4, -0.2) is 30.6 Å². The molecule has 28 heavy (non-hydrogen) atoms. The Kier molecular flexibility index (Phi) is 7.59. The van der Waals surface area contributed by atoms with Crippen molar-refractivity contribution in [1.29, 1.82) is 0 Å². The second-order valence-electron chi connectivity index (χ2n) is 6.15. The van der Waals surface area contributed by atoms with Crippen LogP contribution in [0.25, 0.3) is 10.8 Å². The lowest BCUT2D eigenvalue weighted by Crippen LogP contribution is -2.38. The van der Waals surface area contributed by atoms with E-state index >= 15 is 0 Å². The molecule has 1 unspecified atom stereocenters. The molecular formula is C17H21Cl2N5O3S. The fourth-order valence-electron chi connectivity index (χ4n) is 2.62. The molecule has 0 aliphatic carbocycles. The summed E-state index contributed by atoms with van der Waals surface area (Å²) in [5, 5.41) is 0.438. The number of hydrogen-bond donors (Lipinski definition) is 3. The number of nitrogens with one attached hydrogen (secondary N) is 1. The molecule has 1 aromatic heterocycles. The van der Waals surface area contributed by atoms with Crippen LogP contribution < -0.4 is 16.2 Å². The number of aliphatic imine (C=N–C) groups is 1. The third-order valence-corrected chi connectivity index (χ3v) is 6.04. The van der Waals surface area contributed by atoms with Gasteiger partial charge in [0.05, 0.1) is 16.0 Å². The predicted octanol–water partition coefficient (Wildman–Crippen LogP) is 2.79. The zero-order valence-corrected chi connectivity index (χ0v) is 17.5. The number of unbranched alkanes of at least 4 members (excludes halogenated alkanes) is 2. The second-order valence-corrected chi connectivity index (χ2v) is 8.64. The maximum atomic E-state index is 12.8. The van der Waals surface area contributed by atoms with Crippen molar-refractivity contribution in [3.8, 4) is 0 Å². The van der Waals surface area contributed by atoms with Gasteiger partial charge in [0.15, 0.2) is 11.8 Å². The van der Waals surface area contributed by atoms with E-state index in [1.165, 1.54) is 24.4 Å². The van der Waals surface area contributed by atoms with Crippen molar-refractivity contribution in [3.63, 3.8) is 0 Å². The first-order valence-corrected chi connectivity index (χ1v) is 10.8. The van der Waals surface area contributed by atoms with Gasteiger partial charge >= 0.3 is 0 Å². The van der Waals surface area contributed by atoms with Crippen molar-refractivity contribution >= 4 is 61.0 Å². The van der Waals surface area contributed by atoms with E-state index in [0.29, 0.717) is 28.6 Å². The summed E-state index contributed by atoms with van der Waals surface area (Å²) >= 11 is 11.7. The van der Waals surface area contributed by atoms with Crippen LogP contribution in [0, 0.1) is 0 Å². The molecule has 1 aromatic carbocycles. The minimum absolute atomic E-state index is 0.0884. The molecule has 0 saturated carbocycles. The molecule has 0 saturated heterocycles. The Labute approximate surface area is 173 Å². The Morgan fingerprint density at radius 2 is 2.00 bits per heavy atom. The third kappa shape index (κ3) is 5.54. The van der Waals surface area contributed by atoms with Crippen molar-refractivity contribution in [2.45, 2.75) is 43.5 Å². The molecule has 0 spiro atoms. The largest absolute Gasteiger partial charge is 0.370 e. The molecule has 2 aromatic rings. The lowest BCUT2D eigenvalue weighted by Gasteiger charge is -2.15. The monoisotopic (exact) mass is 445 g/mol. The second kappa shape index (κ2) is 9.51. The maximum absolute atomic E-state index is 12.8. The Balaban J connectivity index is 2.44. The van der Waals surface area contributed by atoms with Crippen molar-refractivity contribution in [3.05, 3.63) is 29.4 Å². The number of pyridine rings is 1. The molecule has 0 fully saturated rings. The van der Waals surface area contributed by atoms with Gasteiger partial charge in [0.2, 0.25) is 15.3 Å². The molecule has 0 amide bonds. The number of rotatable bonds is 9. The number of carbonyl (C=O) groups is 1. The molecule has 11 heteroatoms. The zero-order chi connectivity index (χ0) is 20.9. The van der Waals surface area contributed by atoms with E-state index in [1.54, 1.807) is 0 Å². The highest BCUT2D eigenvalue weighted by Crippen LogP contribution is 2.31. The Morgan fingerprint density at radius 1 is 1.29 bits per heavy atom. The highest BCUT2D eigenvalue weighted by atomic mass is 35.5. The van der Waals surface area contributed by atoms with E-state index in [-0.39, 0.29) is 16.7 Å². The number of hydrogen-bond acceptors (Lipinski definition) is 5. The van der Waals surface area contributed by atoms with Crippen LogP contribution >= 0.6 is 23.2 Å². The van der Waals surface area contributed by atoms with E-state index in [2.05, 4.69) is 14.7 Å². The number of carbonyl (C=O) groups excluding carboxylic acids is 1. The van der Waals surface area contributed by atoms with Gasteiger partial charge in [-0.1, -0.05) is 43.9 Å². The fourth-order valence-corrected chi connectivity index (χ4v) is 4.32. The summed E-state index contributed by atoms with van der Waals surface area (Å²) in [6.45, 7) is 2.00. The summed E-state index contributed by atoms with van der Waals surface area (Å²) in [5.74, 6) is -0.101. The van der Waals surface area contributed by atoms with Crippen molar-refractivity contribution in [2.75, 3.05) is 0 Å². The Morgan fingerprint density at radius 3 is 2.61 bits per heavy atom. The molecule has 5 N–H and O–H groups in total. The average Bonchev–Trinajstić information content (AvgIpc) is 2.62. The van der Waals surface area contributed by atoms with Crippen LogP contribution in [0.1, 0.15) is 32.6 Å². The zero-order valence-electron chi connectivity index (χ0n) is 15.2. The fraction of sp³-hybridized carbons (Fsp3) is 0.353. The van der Waals surface area contributed by atoms with Crippen molar-refractivity contribution in [2.24, 2.45) is 16.5 Å². The van der Waals surface area contributed by atoms with Gasteiger partial charge in [-0.05, 0) is 30.2 Å². The van der Waals surface area contributed by atoms with Crippen LogP contribution in [0.4, 0.5) is 5.82 Å². The lowest BCUT2D eigenvalue weighted by atomic mass is 10.1. The number of benzene rings is 1. The number of fused-ring (bicyclic) bond motifs is 1. The first-order chi connectivity index (χ1) is 13.2. The predicted molar refractivity (Wildman–Crippen MR) is 111 cm³/mol. The molecular weight excluding hydrogens is 425 g/mol. The van der Waals surface area contributed by atoms with E-state index in [0.717, 1.165) is 12.8 Å². The Hall–Kier alpha value is -1.94. The molecule has 0 aliphatic heterocycles. The van der Waals surface area contributed by atoms with E-state index < -0.39 is 21.3 Å².